The van der Waals surface area contributed by atoms with Gasteiger partial charge < -0.3 is 10.4 Å². The fourth-order valence-electron chi connectivity index (χ4n) is 1.89. The molecule has 19 heavy (non-hydrogen) atoms. The quantitative estimate of drug-likeness (QED) is 0.882. The number of aromatic nitrogens is 1. The van der Waals surface area contributed by atoms with Crippen molar-refractivity contribution in [2.75, 3.05) is 5.32 Å². The van der Waals surface area contributed by atoms with Crippen molar-refractivity contribution in [1.29, 1.82) is 0 Å². The van der Waals surface area contributed by atoms with Crippen molar-refractivity contribution < 1.29 is 9.90 Å². The van der Waals surface area contributed by atoms with Crippen LogP contribution in [-0.4, -0.2) is 16.1 Å². The van der Waals surface area contributed by atoms with Gasteiger partial charge in [-0.2, -0.15) is 0 Å². The highest BCUT2D eigenvalue weighted by molar-refractivity contribution is 5.88. The van der Waals surface area contributed by atoms with Gasteiger partial charge in [0.2, 0.25) is 0 Å². The van der Waals surface area contributed by atoms with Crippen molar-refractivity contribution in [3.63, 3.8) is 0 Å². The number of carboxylic acids is 1. The largest absolute Gasteiger partial charge is 0.478 e. The summed E-state index contributed by atoms with van der Waals surface area (Å²) in [5, 5.41) is 12.2. The third-order valence-corrected chi connectivity index (χ3v) is 3.08. The van der Waals surface area contributed by atoms with Crippen LogP contribution in [0.25, 0.3) is 0 Å². The number of benzene rings is 1. The van der Waals surface area contributed by atoms with Gasteiger partial charge in [-0.15, -0.1) is 0 Å². The van der Waals surface area contributed by atoms with Gasteiger partial charge in [0.1, 0.15) is 0 Å². The van der Waals surface area contributed by atoms with Crippen molar-refractivity contribution >= 4 is 11.7 Å². The molecule has 1 heterocycles. The van der Waals surface area contributed by atoms with Gasteiger partial charge in [0.15, 0.2) is 0 Å². The predicted molar refractivity (Wildman–Crippen MR) is 74.4 cm³/mol. The van der Waals surface area contributed by atoms with Gasteiger partial charge in [0.05, 0.1) is 5.56 Å². The lowest BCUT2D eigenvalue weighted by atomic mass is 10.1. The highest BCUT2D eigenvalue weighted by atomic mass is 16.4. The summed E-state index contributed by atoms with van der Waals surface area (Å²) < 4.78 is 0. The number of hydrogen-bond donors (Lipinski definition) is 2. The van der Waals surface area contributed by atoms with Crippen LogP contribution < -0.4 is 5.32 Å². The number of carbonyl (C=O) groups is 1. The molecule has 1 aromatic heterocycles. The average Bonchev–Trinajstić information content (AvgIpc) is 2.39. The van der Waals surface area contributed by atoms with E-state index in [1.165, 1.54) is 5.56 Å². The highest BCUT2D eigenvalue weighted by Crippen LogP contribution is 2.18. The Morgan fingerprint density at radius 3 is 2.68 bits per heavy atom. The number of nitrogens with one attached hydrogen (secondary N) is 1. The minimum absolute atomic E-state index is 0.308. The monoisotopic (exact) mass is 256 g/mol. The Bertz CT molecular complexity index is 609. The molecule has 2 N–H and O–H groups in total. The van der Waals surface area contributed by atoms with Gasteiger partial charge >= 0.3 is 5.97 Å². The second kappa shape index (κ2) is 5.52. The highest BCUT2D eigenvalue weighted by Gasteiger charge is 2.05. The number of carboxylic acid groups (broad SMARTS) is 1. The second-order valence-electron chi connectivity index (χ2n) is 4.49. The Morgan fingerprint density at radius 2 is 2.05 bits per heavy atom. The van der Waals surface area contributed by atoms with E-state index in [4.69, 9.17) is 5.11 Å². The summed E-state index contributed by atoms with van der Waals surface area (Å²) in [7, 11) is 0. The van der Waals surface area contributed by atoms with Crippen LogP contribution in [0.4, 0.5) is 5.69 Å². The first-order chi connectivity index (χ1) is 9.08. The minimum atomic E-state index is -0.903. The molecular weight excluding hydrogens is 240 g/mol. The summed E-state index contributed by atoms with van der Waals surface area (Å²) in [4.78, 5) is 14.9. The first-order valence-corrected chi connectivity index (χ1v) is 6.05. The van der Waals surface area contributed by atoms with E-state index in [0.717, 1.165) is 16.8 Å². The maximum absolute atomic E-state index is 10.9. The lowest BCUT2D eigenvalue weighted by Crippen LogP contribution is -2.04. The average molecular weight is 256 g/mol. The van der Waals surface area contributed by atoms with Crippen LogP contribution in [0.1, 0.15) is 27.0 Å². The summed E-state index contributed by atoms with van der Waals surface area (Å²) in [5.74, 6) is -0.903. The van der Waals surface area contributed by atoms with E-state index >= 15 is 0 Å². The molecule has 0 radical (unpaired) electrons. The summed E-state index contributed by atoms with van der Waals surface area (Å²) in [5.41, 5.74) is 4.49. The first kappa shape index (κ1) is 13.1. The molecule has 0 spiro atoms. The number of hydrogen-bond acceptors (Lipinski definition) is 3. The smallest absolute Gasteiger partial charge is 0.335 e. The Kier molecular flexibility index (Phi) is 3.80. The van der Waals surface area contributed by atoms with Gasteiger partial charge in [-0.05, 0) is 54.8 Å². The molecule has 98 valence electrons. The Labute approximate surface area is 112 Å². The van der Waals surface area contributed by atoms with Crippen LogP contribution in [0.5, 0.6) is 0 Å². The summed E-state index contributed by atoms with van der Waals surface area (Å²) in [6.45, 7) is 4.61. The lowest BCUT2D eigenvalue weighted by Gasteiger charge is -2.11. The van der Waals surface area contributed by atoms with Crippen LogP contribution in [0.2, 0.25) is 0 Å². The fourth-order valence-corrected chi connectivity index (χ4v) is 1.89. The number of aromatic carboxylic acids is 1. The van der Waals surface area contributed by atoms with E-state index < -0.39 is 5.97 Å². The molecule has 0 bridgehead atoms. The van der Waals surface area contributed by atoms with Crippen LogP contribution >= 0.6 is 0 Å². The second-order valence-corrected chi connectivity index (χ2v) is 4.49. The standard InChI is InChI=1S/C15H16N2O2/c1-10-7-12(15(18)19)3-4-14(10)17-9-13-5-6-16-8-11(13)2/h3-8,17H,9H2,1-2H3,(H,18,19). The topological polar surface area (TPSA) is 62.2 Å². The van der Waals surface area contributed by atoms with E-state index in [2.05, 4.69) is 10.3 Å². The Hall–Kier alpha value is -2.36. The number of anilines is 1. The molecule has 4 nitrogen and oxygen atoms in total. The molecule has 1 aromatic carbocycles. The van der Waals surface area contributed by atoms with Crippen LogP contribution in [0.15, 0.2) is 36.7 Å². The Morgan fingerprint density at radius 1 is 1.26 bits per heavy atom. The molecule has 0 saturated carbocycles. The van der Waals surface area contributed by atoms with Crippen molar-refractivity contribution in [3.8, 4) is 0 Å². The molecule has 4 heteroatoms. The molecule has 0 aliphatic rings. The van der Waals surface area contributed by atoms with Gasteiger partial charge in [-0.3, -0.25) is 4.98 Å². The van der Waals surface area contributed by atoms with Crippen molar-refractivity contribution in [2.45, 2.75) is 20.4 Å². The fraction of sp³-hybridized carbons (Fsp3) is 0.200. The zero-order valence-electron chi connectivity index (χ0n) is 11.0. The molecule has 0 atom stereocenters. The Balaban J connectivity index is 2.12. The third-order valence-electron chi connectivity index (χ3n) is 3.08. The van der Waals surface area contributed by atoms with Crippen molar-refractivity contribution in [3.05, 3.63) is 58.9 Å². The molecule has 2 aromatic rings. The van der Waals surface area contributed by atoms with Gasteiger partial charge in [-0.25, -0.2) is 4.79 Å². The zero-order chi connectivity index (χ0) is 13.8. The molecule has 0 amide bonds. The van der Waals surface area contributed by atoms with Gasteiger partial charge in [0.25, 0.3) is 0 Å². The molecule has 0 aliphatic carbocycles. The van der Waals surface area contributed by atoms with Gasteiger partial charge in [0, 0.05) is 24.6 Å². The first-order valence-electron chi connectivity index (χ1n) is 6.05. The maximum Gasteiger partial charge on any atom is 0.335 e. The molecule has 0 aliphatic heterocycles. The molecular formula is C15H16N2O2. The summed E-state index contributed by atoms with van der Waals surface area (Å²) >= 11 is 0. The van der Waals surface area contributed by atoms with E-state index in [1.807, 2.05) is 26.1 Å². The van der Waals surface area contributed by atoms with Crippen molar-refractivity contribution in [1.82, 2.24) is 4.98 Å². The zero-order valence-corrected chi connectivity index (χ0v) is 11.0. The summed E-state index contributed by atoms with van der Waals surface area (Å²) in [6.07, 6.45) is 3.60. The number of aryl methyl sites for hydroxylation is 2. The van der Waals surface area contributed by atoms with Crippen molar-refractivity contribution in [2.24, 2.45) is 0 Å². The normalized spacial score (nSPS) is 10.2. The van der Waals surface area contributed by atoms with E-state index in [9.17, 15) is 4.79 Å². The van der Waals surface area contributed by atoms with E-state index in [1.54, 1.807) is 24.4 Å². The molecule has 0 saturated heterocycles. The summed E-state index contributed by atoms with van der Waals surface area (Å²) in [6, 6.07) is 7.06. The number of rotatable bonds is 4. The van der Waals surface area contributed by atoms with Crippen LogP contribution in [0, 0.1) is 13.8 Å². The number of pyridine rings is 1. The van der Waals surface area contributed by atoms with Crippen LogP contribution in [-0.2, 0) is 6.54 Å². The predicted octanol–water partition coefficient (Wildman–Crippen LogP) is 3.01. The molecule has 0 unspecified atom stereocenters. The van der Waals surface area contributed by atoms with E-state index in [-0.39, 0.29) is 0 Å². The van der Waals surface area contributed by atoms with Crippen LogP contribution in [0.3, 0.4) is 0 Å². The maximum atomic E-state index is 10.9. The van der Waals surface area contributed by atoms with Gasteiger partial charge in [-0.1, -0.05) is 0 Å². The molecule has 2 rings (SSSR count). The van der Waals surface area contributed by atoms with E-state index in [0.29, 0.717) is 12.1 Å². The lowest BCUT2D eigenvalue weighted by molar-refractivity contribution is 0.0697. The third kappa shape index (κ3) is 3.10. The molecule has 0 fully saturated rings. The number of nitrogens with zero attached hydrogens (tertiary/aromatic N) is 1. The SMILES string of the molecule is Cc1cnccc1CNc1ccc(C(=O)O)cc1C. The minimum Gasteiger partial charge on any atom is -0.478 e.